The minimum Gasteiger partial charge on any atom is -0.493 e. The van der Waals surface area contributed by atoms with Crippen LogP contribution in [0.3, 0.4) is 0 Å². The van der Waals surface area contributed by atoms with Crippen molar-refractivity contribution >= 4 is 23.2 Å². The minimum absolute atomic E-state index is 0.0637. The first-order chi connectivity index (χ1) is 13.5. The number of aromatic nitrogens is 2. The van der Waals surface area contributed by atoms with Crippen LogP contribution in [0.2, 0.25) is 0 Å². The molecular formula is C19H18F2N4O3. The smallest absolute Gasteiger partial charge is 0.387 e. The van der Waals surface area contributed by atoms with Gasteiger partial charge in [0.05, 0.1) is 24.4 Å². The Balaban J connectivity index is 1.65. The highest BCUT2D eigenvalue weighted by Gasteiger charge is 2.11. The summed E-state index contributed by atoms with van der Waals surface area (Å²) in [6.45, 7) is -1.06. The molecule has 0 aliphatic heterocycles. The quantitative estimate of drug-likeness (QED) is 0.498. The van der Waals surface area contributed by atoms with E-state index in [0.29, 0.717) is 5.56 Å². The molecule has 0 atom stereocenters. The summed E-state index contributed by atoms with van der Waals surface area (Å²) < 4.78 is 35.9. The van der Waals surface area contributed by atoms with E-state index in [1.165, 1.54) is 31.5 Å². The first-order valence-corrected chi connectivity index (χ1v) is 8.34. The van der Waals surface area contributed by atoms with Gasteiger partial charge in [0.1, 0.15) is 12.4 Å². The van der Waals surface area contributed by atoms with E-state index >= 15 is 0 Å². The molecule has 28 heavy (non-hydrogen) atoms. The largest absolute Gasteiger partial charge is 0.493 e. The van der Waals surface area contributed by atoms with Gasteiger partial charge >= 0.3 is 6.61 Å². The molecule has 9 heteroatoms. The summed E-state index contributed by atoms with van der Waals surface area (Å²) in [4.78, 5) is 16.6. The number of hydrogen-bond donors (Lipinski definition) is 1. The third-order valence-corrected chi connectivity index (χ3v) is 3.95. The Morgan fingerprint density at radius 3 is 2.82 bits per heavy atom. The molecule has 1 amide bonds. The summed E-state index contributed by atoms with van der Waals surface area (Å²) in [5.74, 6) is 0.448. The number of hydrazone groups is 1. The van der Waals surface area contributed by atoms with Gasteiger partial charge < -0.3 is 14.0 Å². The normalized spacial score (nSPS) is 11.3. The summed E-state index contributed by atoms with van der Waals surface area (Å²) in [5.41, 5.74) is 4.65. The highest BCUT2D eigenvalue weighted by atomic mass is 19.3. The van der Waals surface area contributed by atoms with Gasteiger partial charge in [-0.3, -0.25) is 4.79 Å². The Labute approximate surface area is 159 Å². The zero-order valence-corrected chi connectivity index (χ0v) is 15.2. The van der Waals surface area contributed by atoms with Gasteiger partial charge in [-0.1, -0.05) is 12.1 Å². The summed E-state index contributed by atoms with van der Waals surface area (Å²) in [7, 11) is 1.34. The molecule has 1 N–H and O–H groups in total. The molecule has 0 spiro atoms. The number of amides is 1. The standard InChI is InChI=1S/C19H18F2N4O3/c1-12-23-14-5-3-4-6-15(14)25(12)11-18(26)24-22-10-13-7-8-16(28-19(20)21)17(9-13)27-2/h3-10,19H,11H2,1-2H3,(H,24,26)/b22-10-. The first-order valence-electron chi connectivity index (χ1n) is 8.34. The monoisotopic (exact) mass is 388 g/mol. The van der Waals surface area contributed by atoms with Gasteiger partial charge in [0, 0.05) is 0 Å². The fourth-order valence-electron chi connectivity index (χ4n) is 2.71. The van der Waals surface area contributed by atoms with Crippen LogP contribution in [0.4, 0.5) is 8.78 Å². The van der Waals surface area contributed by atoms with Crippen molar-refractivity contribution in [1.82, 2.24) is 15.0 Å². The number of aryl methyl sites for hydroxylation is 1. The zero-order valence-electron chi connectivity index (χ0n) is 15.2. The average Bonchev–Trinajstić information content (AvgIpc) is 2.98. The number of imidazole rings is 1. The van der Waals surface area contributed by atoms with Gasteiger partial charge in [-0.2, -0.15) is 13.9 Å². The minimum atomic E-state index is -2.95. The van der Waals surface area contributed by atoms with E-state index in [1.807, 2.05) is 31.2 Å². The lowest BCUT2D eigenvalue weighted by molar-refractivity contribution is -0.121. The SMILES string of the molecule is COc1cc(/C=N\NC(=O)Cn2c(C)nc3ccccc32)ccc1OC(F)F. The third-order valence-electron chi connectivity index (χ3n) is 3.95. The van der Waals surface area contributed by atoms with Crippen LogP contribution in [0.25, 0.3) is 11.0 Å². The fourth-order valence-corrected chi connectivity index (χ4v) is 2.71. The Morgan fingerprint density at radius 2 is 2.07 bits per heavy atom. The lowest BCUT2D eigenvalue weighted by Gasteiger charge is -2.10. The highest BCUT2D eigenvalue weighted by Crippen LogP contribution is 2.28. The maximum absolute atomic E-state index is 12.4. The van der Waals surface area contributed by atoms with Crippen molar-refractivity contribution in [3.05, 3.63) is 53.9 Å². The van der Waals surface area contributed by atoms with Gasteiger partial charge in [-0.25, -0.2) is 10.4 Å². The Hall–Kier alpha value is -3.49. The number of fused-ring (bicyclic) bond motifs is 1. The molecule has 0 unspecified atom stereocenters. The maximum Gasteiger partial charge on any atom is 0.387 e. The molecule has 0 aliphatic carbocycles. The maximum atomic E-state index is 12.4. The van der Waals surface area contributed by atoms with Crippen LogP contribution in [0.1, 0.15) is 11.4 Å². The third kappa shape index (κ3) is 4.43. The fraction of sp³-hybridized carbons (Fsp3) is 0.211. The molecule has 2 aromatic carbocycles. The molecule has 0 aliphatic rings. The van der Waals surface area contributed by atoms with E-state index in [1.54, 1.807) is 4.57 Å². The molecule has 0 bridgehead atoms. The van der Waals surface area contributed by atoms with E-state index in [-0.39, 0.29) is 24.0 Å². The van der Waals surface area contributed by atoms with Crippen molar-refractivity contribution in [2.75, 3.05) is 7.11 Å². The number of rotatable bonds is 7. The molecule has 0 saturated heterocycles. The van der Waals surface area contributed by atoms with Crippen molar-refractivity contribution < 1.29 is 23.0 Å². The number of para-hydroxylation sites is 2. The second-order valence-electron chi connectivity index (χ2n) is 5.82. The molecule has 3 aromatic rings. The van der Waals surface area contributed by atoms with Crippen molar-refractivity contribution in [3.8, 4) is 11.5 Å². The average molecular weight is 388 g/mol. The van der Waals surface area contributed by atoms with Gasteiger partial charge in [-0.15, -0.1) is 0 Å². The topological polar surface area (TPSA) is 77.7 Å². The number of nitrogens with one attached hydrogen (secondary N) is 1. The zero-order chi connectivity index (χ0) is 20.1. The molecule has 0 radical (unpaired) electrons. The summed E-state index contributed by atoms with van der Waals surface area (Å²) in [6, 6.07) is 11.9. The van der Waals surface area contributed by atoms with Gasteiger partial charge in [0.2, 0.25) is 0 Å². The van der Waals surface area contributed by atoms with E-state index < -0.39 is 6.61 Å². The van der Waals surface area contributed by atoms with E-state index in [4.69, 9.17) is 4.74 Å². The lowest BCUT2D eigenvalue weighted by atomic mass is 10.2. The Morgan fingerprint density at radius 1 is 1.29 bits per heavy atom. The number of alkyl halides is 2. The summed E-state index contributed by atoms with van der Waals surface area (Å²) >= 11 is 0. The van der Waals surface area contributed by atoms with Crippen LogP contribution >= 0.6 is 0 Å². The second-order valence-corrected chi connectivity index (χ2v) is 5.82. The van der Waals surface area contributed by atoms with Crippen LogP contribution in [0.15, 0.2) is 47.6 Å². The van der Waals surface area contributed by atoms with Gasteiger partial charge in [0.25, 0.3) is 5.91 Å². The lowest BCUT2D eigenvalue weighted by Crippen LogP contribution is -2.23. The number of nitrogens with zero attached hydrogens (tertiary/aromatic N) is 3. The van der Waals surface area contributed by atoms with Crippen LogP contribution in [-0.4, -0.2) is 35.4 Å². The van der Waals surface area contributed by atoms with E-state index in [2.05, 4.69) is 20.2 Å². The number of benzene rings is 2. The summed E-state index contributed by atoms with van der Waals surface area (Å²) in [5, 5.41) is 3.90. The number of hydrogen-bond acceptors (Lipinski definition) is 5. The Bertz CT molecular complexity index is 1020. The molecule has 3 rings (SSSR count). The highest BCUT2D eigenvalue weighted by molar-refractivity contribution is 5.84. The first kappa shape index (κ1) is 19.3. The number of ether oxygens (including phenoxy) is 2. The number of carbonyl (C=O) groups is 1. The number of halogens is 2. The molecule has 1 heterocycles. The number of methoxy groups -OCH3 is 1. The second kappa shape index (κ2) is 8.47. The van der Waals surface area contributed by atoms with Gasteiger partial charge in [-0.05, 0) is 42.8 Å². The van der Waals surface area contributed by atoms with Crippen molar-refractivity contribution in [2.45, 2.75) is 20.1 Å². The van der Waals surface area contributed by atoms with Crippen molar-refractivity contribution in [3.63, 3.8) is 0 Å². The molecule has 7 nitrogen and oxygen atoms in total. The van der Waals surface area contributed by atoms with Crippen LogP contribution in [0.5, 0.6) is 11.5 Å². The van der Waals surface area contributed by atoms with Crippen LogP contribution < -0.4 is 14.9 Å². The molecular weight excluding hydrogens is 370 g/mol. The van der Waals surface area contributed by atoms with Crippen LogP contribution in [-0.2, 0) is 11.3 Å². The molecule has 1 aromatic heterocycles. The molecule has 0 saturated carbocycles. The Kier molecular flexibility index (Phi) is 5.83. The van der Waals surface area contributed by atoms with Gasteiger partial charge in [0.15, 0.2) is 11.5 Å². The predicted octanol–water partition coefficient (Wildman–Crippen LogP) is 3.11. The molecule has 146 valence electrons. The van der Waals surface area contributed by atoms with Crippen molar-refractivity contribution in [2.24, 2.45) is 5.10 Å². The molecule has 0 fully saturated rings. The predicted molar refractivity (Wildman–Crippen MR) is 99.8 cm³/mol. The van der Waals surface area contributed by atoms with Crippen LogP contribution in [0, 0.1) is 6.92 Å². The summed E-state index contributed by atoms with van der Waals surface area (Å²) in [6.07, 6.45) is 1.38. The van der Waals surface area contributed by atoms with E-state index in [0.717, 1.165) is 16.9 Å². The number of carbonyl (C=O) groups excluding carboxylic acids is 1. The van der Waals surface area contributed by atoms with E-state index in [9.17, 15) is 13.6 Å². The van der Waals surface area contributed by atoms with Crippen molar-refractivity contribution in [1.29, 1.82) is 0 Å².